The zero-order chi connectivity index (χ0) is 13.1. The number of nitrogens with one attached hydrogen (secondary N) is 1. The summed E-state index contributed by atoms with van der Waals surface area (Å²) in [5.41, 5.74) is 2.02. The molecule has 1 N–H and O–H groups in total. The standard InChI is InChI=1S/C13H16ClN3O/c1-9-12(8-15-2)13(17(3)16-9)18-11-6-4-5-10(14)7-11/h4-7,15H,8H2,1-3H3. The largest absolute Gasteiger partial charge is 0.439 e. The summed E-state index contributed by atoms with van der Waals surface area (Å²) in [6.07, 6.45) is 0. The molecule has 2 aromatic rings. The highest BCUT2D eigenvalue weighted by Crippen LogP contribution is 2.28. The van der Waals surface area contributed by atoms with E-state index in [2.05, 4.69) is 10.4 Å². The number of hydrogen-bond acceptors (Lipinski definition) is 3. The summed E-state index contributed by atoms with van der Waals surface area (Å²) in [4.78, 5) is 0. The van der Waals surface area contributed by atoms with Gasteiger partial charge in [0.15, 0.2) is 0 Å². The summed E-state index contributed by atoms with van der Waals surface area (Å²) in [6, 6.07) is 7.33. The first-order valence-electron chi connectivity index (χ1n) is 5.72. The minimum atomic E-state index is 0.654. The van der Waals surface area contributed by atoms with Crippen molar-refractivity contribution in [2.45, 2.75) is 13.5 Å². The quantitative estimate of drug-likeness (QED) is 0.924. The average molecular weight is 266 g/mol. The van der Waals surface area contributed by atoms with Gasteiger partial charge in [-0.25, -0.2) is 4.68 Å². The molecule has 0 amide bonds. The molecule has 0 unspecified atom stereocenters. The van der Waals surface area contributed by atoms with E-state index in [-0.39, 0.29) is 0 Å². The molecule has 0 bridgehead atoms. The smallest absolute Gasteiger partial charge is 0.222 e. The van der Waals surface area contributed by atoms with Gasteiger partial charge in [0.05, 0.1) is 11.3 Å². The Kier molecular flexibility index (Phi) is 3.89. The maximum Gasteiger partial charge on any atom is 0.222 e. The number of halogens is 1. The van der Waals surface area contributed by atoms with Crippen LogP contribution in [0.5, 0.6) is 11.6 Å². The maximum absolute atomic E-state index is 5.94. The zero-order valence-electron chi connectivity index (χ0n) is 10.7. The van der Waals surface area contributed by atoms with Crippen LogP contribution < -0.4 is 10.1 Å². The second-order valence-corrected chi connectivity index (χ2v) is 4.52. The second-order valence-electron chi connectivity index (χ2n) is 4.08. The molecule has 2 rings (SSSR count). The van der Waals surface area contributed by atoms with Crippen LogP contribution in [-0.4, -0.2) is 16.8 Å². The van der Waals surface area contributed by atoms with Crippen LogP contribution in [0.15, 0.2) is 24.3 Å². The molecule has 1 heterocycles. The monoisotopic (exact) mass is 265 g/mol. The molecule has 18 heavy (non-hydrogen) atoms. The first-order chi connectivity index (χ1) is 8.61. The maximum atomic E-state index is 5.94. The van der Waals surface area contributed by atoms with Gasteiger partial charge >= 0.3 is 0 Å². The van der Waals surface area contributed by atoms with Crippen molar-refractivity contribution in [2.24, 2.45) is 7.05 Å². The van der Waals surface area contributed by atoms with Crippen LogP contribution in [0, 0.1) is 6.92 Å². The van der Waals surface area contributed by atoms with Crippen molar-refractivity contribution in [1.29, 1.82) is 0 Å². The van der Waals surface area contributed by atoms with Crippen LogP contribution in [-0.2, 0) is 13.6 Å². The summed E-state index contributed by atoms with van der Waals surface area (Å²) in [7, 11) is 3.77. The molecule has 5 heteroatoms. The molecule has 0 fully saturated rings. The van der Waals surface area contributed by atoms with Gasteiger partial charge in [-0.1, -0.05) is 17.7 Å². The van der Waals surface area contributed by atoms with Crippen molar-refractivity contribution in [3.63, 3.8) is 0 Å². The molecule has 0 aliphatic carbocycles. The summed E-state index contributed by atoms with van der Waals surface area (Å²) in [5, 5.41) is 8.14. The Morgan fingerprint density at radius 1 is 1.44 bits per heavy atom. The van der Waals surface area contributed by atoms with Gasteiger partial charge < -0.3 is 10.1 Å². The van der Waals surface area contributed by atoms with Crippen molar-refractivity contribution >= 4 is 11.6 Å². The van der Waals surface area contributed by atoms with E-state index < -0.39 is 0 Å². The van der Waals surface area contributed by atoms with Crippen molar-refractivity contribution in [3.05, 3.63) is 40.5 Å². The Morgan fingerprint density at radius 3 is 2.89 bits per heavy atom. The number of aryl methyl sites for hydroxylation is 2. The number of ether oxygens (including phenoxy) is 1. The van der Waals surface area contributed by atoms with Crippen LogP contribution in [0.25, 0.3) is 0 Å². The number of nitrogens with zero attached hydrogens (tertiary/aromatic N) is 2. The Balaban J connectivity index is 2.33. The highest BCUT2D eigenvalue weighted by molar-refractivity contribution is 6.30. The van der Waals surface area contributed by atoms with E-state index in [1.165, 1.54) is 0 Å². The van der Waals surface area contributed by atoms with E-state index in [9.17, 15) is 0 Å². The van der Waals surface area contributed by atoms with E-state index in [0.29, 0.717) is 10.8 Å². The minimum Gasteiger partial charge on any atom is -0.439 e. The van der Waals surface area contributed by atoms with Crippen LogP contribution in [0.1, 0.15) is 11.3 Å². The Hall–Kier alpha value is -1.52. The number of rotatable bonds is 4. The Labute approximate surface area is 112 Å². The highest BCUT2D eigenvalue weighted by Gasteiger charge is 2.14. The molecule has 1 aromatic heterocycles. The molecular weight excluding hydrogens is 250 g/mol. The summed E-state index contributed by atoms with van der Waals surface area (Å²) in [5.74, 6) is 1.45. The molecular formula is C13H16ClN3O. The molecule has 0 aliphatic rings. The molecule has 1 aromatic carbocycles. The number of hydrogen-bond donors (Lipinski definition) is 1. The Bertz CT molecular complexity index is 551. The van der Waals surface area contributed by atoms with Gasteiger partial charge in [0, 0.05) is 18.6 Å². The van der Waals surface area contributed by atoms with E-state index >= 15 is 0 Å². The first kappa shape index (κ1) is 12.9. The second kappa shape index (κ2) is 5.42. The van der Waals surface area contributed by atoms with Crippen molar-refractivity contribution < 1.29 is 4.74 Å². The Morgan fingerprint density at radius 2 is 2.22 bits per heavy atom. The fourth-order valence-electron chi connectivity index (χ4n) is 1.83. The predicted octanol–water partition coefficient (Wildman–Crippen LogP) is 2.89. The van der Waals surface area contributed by atoms with Gasteiger partial charge in [-0.2, -0.15) is 5.10 Å². The van der Waals surface area contributed by atoms with E-state index in [1.54, 1.807) is 10.7 Å². The van der Waals surface area contributed by atoms with Crippen molar-refractivity contribution in [3.8, 4) is 11.6 Å². The fraction of sp³-hybridized carbons (Fsp3) is 0.308. The molecule has 0 saturated carbocycles. The fourth-order valence-corrected chi connectivity index (χ4v) is 2.01. The van der Waals surface area contributed by atoms with Gasteiger partial charge in [-0.05, 0) is 32.2 Å². The van der Waals surface area contributed by atoms with Gasteiger partial charge in [0.25, 0.3) is 0 Å². The lowest BCUT2D eigenvalue weighted by molar-refractivity contribution is 0.424. The topological polar surface area (TPSA) is 39.1 Å². The lowest BCUT2D eigenvalue weighted by Gasteiger charge is -2.08. The molecule has 0 radical (unpaired) electrons. The van der Waals surface area contributed by atoms with E-state index in [1.807, 2.05) is 39.2 Å². The molecule has 96 valence electrons. The number of benzene rings is 1. The third-order valence-corrected chi connectivity index (χ3v) is 2.89. The molecule has 0 saturated heterocycles. The molecule has 0 atom stereocenters. The van der Waals surface area contributed by atoms with Crippen LogP contribution in [0.3, 0.4) is 0 Å². The van der Waals surface area contributed by atoms with Gasteiger partial charge in [-0.15, -0.1) is 0 Å². The van der Waals surface area contributed by atoms with Crippen LogP contribution in [0.4, 0.5) is 0 Å². The first-order valence-corrected chi connectivity index (χ1v) is 6.10. The van der Waals surface area contributed by atoms with Crippen molar-refractivity contribution in [2.75, 3.05) is 7.05 Å². The lowest BCUT2D eigenvalue weighted by atomic mass is 10.2. The molecule has 0 aliphatic heterocycles. The van der Waals surface area contributed by atoms with Gasteiger partial charge in [-0.3, -0.25) is 0 Å². The predicted molar refractivity (Wildman–Crippen MR) is 72.2 cm³/mol. The zero-order valence-corrected chi connectivity index (χ0v) is 11.5. The van der Waals surface area contributed by atoms with E-state index in [0.717, 1.165) is 23.7 Å². The van der Waals surface area contributed by atoms with Gasteiger partial charge in [0.1, 0.15) is 5.75 Å². The highest BCUT2D eigenvalue weighted by atomic mass is 35.5. The van der Waals surface area contributed by atoms with Crippen LogP contribution in [0.2, 0.25) is 5.02 Å². The third kappa shape index (κ3) is 2.66. The molecule has 4 nitrogen and oxygen atoms in total. The third-order valence-electron chi connectivity index (χ3n) is 2.65. The molecule has 0 spiro atoms. The average Bonchev–Trinajstić information content (AvgIpc) is 2.57. The van der Waals surface area contributed by atoms with Crippen LogP contribution >= 0.6 is 11.6 Å². The number of aromatic nitrogens is 2. The van der Waals surface area contributed by atoms with E-state index in [4.69, 9.17) is 16.3 Å². The van der Waals surface area contributed by atoms with Crippen molar-refractivity contribution in [1.82, 2.24) is 15.1 Å². The normalized spacial score (nSPS) is 10.7. The summed E-state index contributed by atoms with van der Waals surface area (Å²) in [6.45, 7) is 2.69. The minimum absolute atomic E-state index is 0.654. The lowest BCUT2D eigenvalue weighted by Crippen LogP contribution is -2.07. The summed E-state index contributed by atoms with van der Waals surface area (Å²) >= 11 is 5.94. The van der Waals surface area contributed by atoms with Gasteiger partial charge in [0.2, 0.25) is 5.88 Å². The SMILES string of the molecule is CNCc1c(C)nn(C)c1Oc1cccc(Cl)c1. The summed E-state index contributed by atoms with van der Waals surface area (Å²) < 4.78 is 7.61.